The molecule has 0 aliphatic carbocycles. The lowest BCUT2D eigenvalue weighted by molar-refractivity contribution is 0.0694. The summed E-state index contributed by atoms with van der Waals surface area (Å²) in [6.07, 6.45) is 0. The molecule has 0 saturated heterocycles. The smallest absolute Gasteiger partial charge is 0.339 e. The van der Waals surface area contributed by atoms with Gasteiger partial charge in [-0.05, 0) is 42.8 Å². The number of benzene rings is 2. The Labute approximate surface area is 148 Å². The van der Waals surface area contributed by atoms with E-state index in [1.54, 1.807) is 20.3 Å². The van der Waals surface area contributed by atoms with E-state index in [4.69, 9.17) is 14.6 Å². The third-order valence-corrected chi connectivity index (χ3v) is 3.45. The molecule has 2 rings (SSSR count). The Morgan fingerprint density at radius 3 is 2.12 bits per heavy atom. The summed E-state index contributed by atoms with van der Waals surface area (Å²) in [5.74, 6) is -0.0802. The molecule has 136 valence electrons. The summed E-state index contributed by atoms with van der Waals surface area (Å²) >= 11 is 0. The van der Waals surface area contributed by atoms with Gasteiger partial charge in [0, 0.05) is 12.2 Å². The Bertz CT molecular complexity index is 703. The van der Waals surface area contributed by atoms with Crippen molar-refractivity contribution in [2.24, 2.45) is 0 Å². The summed E-state index contributed by atoms with van der Waals surface area (Å²) < 4.78 is 10.8. The van der Waals surface area contributed by atoms with Crippen molar-refractivity contribution in [3.05, 3.63) is 47.0 Å². The van der Waals surface area contributed by atoms with E-state index in [0.29, 0.717) is 23.7 Å². The Balaban J connectivity index is 0.00000151. The summed E-state index contributed by atoms with van der Waals surface area (Å²) in [7, 11) is 3.17. The van der Waals surface area contributed by atoms with E-state index in [1.165, 1.54) is 12.1 Å². The van der Waals surface area contributed by atoms with Gasteiger partial charge in [0.05, 0.1) is 19.8 Å². The van der Waals surface area contributed by atoms with E-state index < -0.39 is 5.97 Å². The number of carboxylic acid groups (broad SMARTS) is 1. The highest BCUT2D eigenvalue weighted by molar-refractivity contribution is 5.92. The Hall–Kier alpha value is -2.89. The van der Waals surface area contributed by atoms with Crippen molar-refractivity contribution >= 4 is 11.7 Å². The predicted molar refractivity (Wildman–Crippen MR) is 98.0 cm³/mol. The first kappa shape index (κ1) is 20.2. The SMILES string of the molecule is CC.COc1cc(C)cc(OC)c1CNc1ccc(O)c(C(=O)O)c1. The summed E-state index contributed by atoms with van der Waals surface area (Å²) in [5, 5.41) is 21.7. The molecule has 0 aromatic heterocycles. The van der Waals surface area contributed by atoms with Gasteiger partial charge in [-0.2, -0.15) is 0 Å². The topological polar surface area (TPSA) is 88.0 Å². The zero-order chi connectivity index (χ0) is 19.0. The van der Waals surface area contributed by atoms with Crippen LogP contribution in [0.25, 0.3) is 0 Å². The number of carboxylic acids is 1. The van der Waals surface area contributed by atoms with Crippen LogP contribution in [0.3, 0.4) is 0 Å². The van der Waals surface area contributed by atoms with Crippen LogP contribution < -0.4 is 14.8 Å². The summed E-state index contributed by atoms with van der Waals surface area (Å²) in [6, 6.07) is 8.13. The van der Waals surface area contributed by atoms with Gasteiger partial charge in [-0.25, -0.2) is 4.79 Å². The van der Waals surface area contributed by atoms with E-state index >= 15 is 0 Å². The normalized spacial score (nSPS) is 9.64. The van der Waals surface area contributed by atoms with Crippen molar-refractivity contribution in [1.29, 1.82) is 0 Å². The number of aromatic hydroxyl groups is 1. The second-order valence-electron chi connectivity index (χ2n) is 5.04. The van der Waals surface area contributed by atoms with Gasteiger partial charge in [-0.1, -0.05) is 13.8 Å². The van der Waals surface area contributed by atoms with Crippen LogP contribution in [0.1, 0.15) is 35.3 Å². The van der Waals surface area contributed by atoms with Gasteiger partial charge in [-0.15, -0.1) is 0 Å². The highest BCUT2D eigenvalue weighted by atomic mass is 16.5. The first-order valence-corrected chi connectivity index (χ1v) is 7.98. The van der Waals surface area contributed by atoms with Crippen LogP contribution in [0.5, 0.6) is 17.2 Å². The molecule has 0 aliphatic rings. The molecule has 0 fully saturated rings. The third kappa shape index (κ3) is 5.04. The third-order valence-electron chi connectivity index (χ3n) is 3.45. The van der Waals surface area contributed by atoms with E-state index in [0.717, 1.165) is 11.1 Å². The number of carbonyl (C=O) groups is 1. The van der Waals surface area contributed by atoms with Crippen LogP contribution in [-0.2, 0) is 6.54 Å². The highest BCUT2D eigenvalue weighted by Crippen LogP contribution is 2.31. The van der Waals surface area contributed by atoms with Gasteiger partial charge in [-0.3, -0.25) is 0 Å². The van der Waals surface area contributed by atoms with Crippen LogP contribution in [0.4, 0.5) is 5.69 Å². The monoisotopic (exact) mass is 347 g/mol. The molecule has 2 aromatic rings. The zero-order valence-electron chi connectivity index (χ0n) is 15.2. The molecule has 3 N–H and O–H groups in total. The van der Waals surface area contributed by atoms with Crippen molar-refractivity contribution in [2.75, 3.05) is 19.5 Å². The molecular formula is C19H25NO5. The van der Waals surface area contributed by atoms with Crippen LogP contribution in [0.2, 0.25) is 0 Å². The molecule has 0 amide bonds. The zero-order valence-corrected chi connectivity index (χ0v) is 15.2. The minimum absolute atomic E-state index is 0.155. The lowest BCUT2D eigenvalue weighted by atomic mass is 10.1. The van der Waals surface area contributed by atoms with Gasteiger partial charge >= 0.3 is 5.97 Å². The predicted octanol–water partition coefficient (Wildman–Crippen LogP) is 4.05. The number of rotatable bonds is 6. The Morgan fingerprint density at radius 1 is 1.08 bits per heavy atom. The molecule has 0 bridgehead atoms. The minimum atomic E-state index is -1.18. The van der Waals surface area contributed by atoms with Gasteiger partial charge in [0.15, 0.2) is 0 Å². The quantitative estimate of drug-likeness (QED) is 0.683. The second-order valence-corrected chi connectivity index (χ2v) is 5.04. The summed E-state index contributed by atoms with van der Waals surface area (Å²) in [5.41, 5.74) is 2.26. The number of aryl methyl sites for hydroxylation is 1. The number of phenols is 1. The molecule has 0 atom stereocenters. The van der Waals surface area contributed by atoms with Crippen molar-refractivity contribution in [3.8, 4) is 17.2 Å². The number of hydrogen-bond acceptors (Lipinski definition) is 5. The minimum Gasteiger partial charge on any atom is -0.507 e. The van der Waals surface area contributed by atoms with E-state index in [1.807, 2.05) is 32.9 Å². The van der Waals surface area contributed by atoms with Crippen molar-refractivity contribution < 1.29 is 24.5 Å². The lowest BCUT2D eigenvalue weighted by Crippen LogP contribution is -2.06. The molecular weight excluding hydrogens is 322 g/mol. The van der Waals surface area contributed by atoms with Gasteiger partial charge in [0.25, 0.3) is 0 Å². The molecule has 2 aromatic carbocycles. The fourth-order valence-electron chi connectivity index (χ4n) is 2.30. The standard InChI is InChI=1S/C17H19NO5.C2H6/c1-10-6-15(22-2)13(16(7-10)23-3)9-18-11-4-5-14(19)12(8-11)17(20)21;1-2/h4-8,18-19H,9H2,1-3H3,(H,20,21);1-2H3. The Morgan fingerprint density at radius 2 is 1.64 bits per heavy atom. The molecule has 0 radical (unpaired) electrons. The van der Waals surface area contributed by atoms with E-state index in [2.05, 4.69) is 5.32 Å². The number of methoxy groups -OCH3 is 2. The van der Waals surface area contributed by atoms with Crippen LogP contribution in [0.15, 0.2) is 30.3 Å². The highest BCUT2D eigenvalue weighted by Gasteiger charge is 2.13. The molecule has 0 aliphatic heterocycles. The maximum Gasteiger partial charge on any atom is 0.339 e. The number of aromatic carboxylic acids is 1. The van der Waals surface area contributed by atoms with Gasteiger partial charge in [0.1, 0.15) is 22.8 Å². The van der Waals surface area contributed by atoms with E-state index in [-0.39, 0.29) is 11.3 Å². The molecule has 6 heteroatoms. The first-order valence-electron chi connectivity index (χ1n) is 7.98. The van der Waals surface area contributed by atoms with Crippen molar-refractivity contribution in [2.45, 2.75) is 27.3 Å². The average molecular weight is 347 g/mol. The fraction of sp³-hybridized carbons (Fsp3) is 0.316. The molecule has 0 spiro atoms. The first-order chi connectivity index (χ1) is 12.0. The number of nitrogens with one attached hydrogen (secondary N) is 1. The largest absolute Gasteiger partial charge is 0.507 e. The Kier molecular flexibility index (Phi) is 7.59. The molecule has 0 unspecified atom stereocenters. The maximum atomic E-state index is 11.1. The number of ether oxygens (including phenoxy) is 2. The number of hydrogen-bond donors (Lipinski definition) is 3. The fourth-order valence-corrected chi connectivity index (χ4v) is 2.30. The summed E-state index contributed by atoms with van der Waals surface area (Å²) in [6.45, 7) is 6.33. The molecule has 0 saturated carbocycles. The molecule has 6 nitrogen and oxygen atoms in total. The van der Waals surface area contributed by atoms with Crippen molar-refractivity contribution in [1.82, 2.24) is 0 Å². The van der Waals surface area contributed by atoms with Crippen molar-refractivity contribution in [3.63, 3.8) is 0 Å². The molecule has 0 heterocycles. The average Bonchev–Trinajstić information content (AvgIpc) is 2.62. The van der Waals surface area contributed by atoms with Crippen LogP contribution in [-0.4, -0.2) is 30.4 Å². The van der Waals surface area contributed by atoms with Crippen LogP contribution in [0, 0.1) is 6.92 Å². The van der Waals surface area contributed by atoms with Gasteiger partial charge in [0.2, 0.25) is 0 Å². The van der Waals surface area contributed by atoms with Gasteiger partial charge < -0.3 is 25.0 Å². The summed E-state index contributed by atoms with van der Waals surface area (Å²) in [4.78, 5) is 11.1. The maximum absolute atomic E-state index is 11.1. The molecule has 25 heavy (non-hydrogen) atoms. The lowest BCUT2D eigenvalue weighted by Gasteiger charge is -2.16. The van der Waals surface area contributed by atoms with Crippen LogP contribution >= 0.6 is 0 Å². The second kappa shape index (κ2) is 9.42. The van der Waals surface area contributed by atoms with E-state index in [9.17, 15) is 9.90 Å². The number of anilines is 1.